The van der Waals surface area contributed by atoms with Crippen LogP contribution in [0.1, 0.15) is 47.9 Å². The van der Waals surface area contributed by atoms with Gasteiger partial charge in [-0.2, -0.15) is 0 Å². The van der Waals surface area contributed by atoms with Gasteiger partial charge in [0.15, 0.2) is 0 Å². The van der Waals surface area contributed by atoms with Gasteiger partial charge in [0, 0.05) is 5.69 Å². The Morgan fingerprint density at radius 1 is 0.762 bits per heavy atom. The van der Waals surface area contributed by atoms with Crippen LogP contribution in [0.25, 0.3) is 11.1 Å². The minimum Gasteiger partial charge on any atom is -0.398 e. The van der Waals surface area contributed by atoms with Crippen molar-refractivity contribution in [3.05, 3.63) is 52.6 Å². The van der Waals surface area contributed by atoms with Crippen molar-refractivity contribution < 1.29 is 0 Å². The molecule has 1 aliphatic carbocycles. The molecule has 1 nitrogen and oxygen atoms in total. The summed E-state index contributed by atoms with van der Waals surface area (Å²) in [5, 5.41) is 0. The quantitative estimate of drug-likeness (QED) is 0.712. The molecule has 0 fully saturated rings. The van der Waals surface area contributed by atoms with Gasteiger partial charge in [-0.25, -0.2) is 0 Å². The van der Waals surface area contributed by atoms with Crippen LogP contribution < -0.4 is 5.73 Å². The van der Waals surface area contributed by atoms with Gasteiger partial charge in [-0.1, -0.05) is 37.1 Å². The lowest BCUT2D eigenvalue weighted by Crippen LogP contribution is -2.04. The molecule has 3 rings (SSSR count). The first kappa shape index (κ1) is 14.2. The number of benzene rings is 2. The normalized spacial score (nSPS) is 15.1. The highest BCUT2D eigenvalue weighted by atomic mass is 14.6. The summed E-state index contributed by atoms with van der Waals surface area (Å²) in [6, 6.07) is 10.9. The first-order chi connectivity index (χ1) is 10.2. The molecule has 0 saturated heterocycles. The summed E-state index contributed by atoms with van der Waals surface area (Å²) in [4.78, 5) is 0. The Hall–Kier alpha value is -1.76. The van der Waals surface area contributed by atoms with E-state index < -0.39 is 0 Å². The van der Waals surface area contributed by atoms with Crippen molar-refractivity contribution in [2.45, 2.75) is 52.4 Å². The molecular weight excluding hydrogens is 254 g/mol. The second-order valence-electron chi connectivity index (χ2n) is 6.31. The Balaban J connectivity index is 2.12. The highest BCUT2D eigenvalue weighted by Crippen LogP contribution is 2.34. The molecule has 1 aliphatic rings. The van der Waals surface area contributed by atoms with E-state index in [9.17, 15) is 0 Å². The molecule has 2 aromatic rings. The predicted octanol–water partition coefficient (Wildman–Crippen LogP) is 5.21. The van der Waals surface area contributed by atoms with E-state index in [4.69, 9.17) is 5.73 Å². The van der Waals surface area contributed by atoms with Crippen LogP contribution >= 0.6 is 0 Å². The lowest BCUT2D eigenvalue weighted by molar-refractivity contribution is 0.615. The molecular formula is C20H25N. The van der Waals surface area contributed by atoms with Crippen LogP contribution in [0.2, 0.25) is 0 Å². The van der Waals surface area contributed by atoms with Crippen LogP contribution in [0.4, 0.5) is 5.69 Å². The molecule has 0 bridgehead atoms. The Morgan fingerprint density at radius 2 is 1.48 bits per heavy atom. The molecule has 0 spiro atoms. The van der Waals surface area contributed by atoms with E-state index in [-0.39, 0.29) is 0 Å². The number of aryl methyl sites for hydroxylation is 1. The zero-order valence-corrected chi connectivity index (χ0v) is 13.2. The summed E-state index contributed by atoms with van der Waals surface area (Å²) in [5.74, 6) is 0. The molecule has 0 aromatic heterocycles. The van der Waals surface area contributed by atoms with E-state index in [1.807, 2.05) is 6.07 Å². The number of rotatable bonds is 1. The molecule has 0 unspecified atom stereocenters. The van der Waals surface area contributed by atoms with E-state index in [2.05, 4.69) is 38.1 Å². The molecule has 0 atom stereocenters. The number of nitrogens with two attached hydrogens (primary N) is 1. The fourth-order valence-corrected chi connectivity index (χ4v) is 3.60. The van der Waals surface area contributed by atoms with Crippen LogP contribution in [-0.4, -0.2) is 0 Å². The maximum Gasteiger partial charge on any atom is 0.0349 e. The van der Waals surface area contributed by atoms with Crippen LogP contribution in [0.3, 0.4) is 0 Å². The van der Waals surface area contributed by atoms with E-state index in [1.54, 1.807) is 11.1 Å². The second kappa shape index (κ2) is 5.93. The van der Waals surface area contributed by atoms with Crippen molar-refractivity contribution in [1.82, 2.24) is 0 Å². The number of fused-ring (bicyclic) bond motifs is 1. The van der Waals surface area contributed by atoms with E-state index >= 15 is 0 Å². The minimum absolute atomic E-state index is 0.888. The maximum atomic E-state index is 6.09. The van der Waals surface area contributed by atoms with Crippen molar-refractivity contribution >= 4 is 5.69 Å². The Bertz CT molecular complexity index is 655. The lowest BCUT2D eigenvalue weighted by atomic mass is 9.85. The summed E-state index contributed by atoms with van der Waals surface area (Å²) < 4.78 is 0. The second-order valence-corrected chi connectivity index (χ2v) is 6.31. The number of nitrogen functional groups attached to an aromatic ring is 1. The molecule has 2 N–H and O–H groups in total. The molecule has 0 amide bonds. The largest absolute Gasteiger partial charge is 0.398 e. The first-order valence-corrected chi connectivity index (χ1v) is 8.15. The molecule has 0 aliphatic heterocycles. The molecule has 0 heterocycles. The maximum absolute atomic E-state index is 6.09. The fourth-order valence-electron chi connectivity index (χ4n) is 3.60. The van der Waals surface area contributed by atoms with Crippen LogP contribution in [0, 0.1) is 13.8 Å². The van der Waals surface area contributed by atoms with E-state index in [0.29, 0.717) is 0 Å². The van der Waals surface area contributed by atoms with Gasteiger partial charge >= 0.3 is 0 Å². The number of hydrogen-bond acceptors (Lipinski definition) is 1. The van der Waals surface area contributed by atoms with Crippen molar-refractivity contribution in [3.8, 4) is 11.1 Å². The monoisotopic (exact) mass is 279 g/mol. The molecule has 0 saturated carbocycles. The van der Waals surface area contributed by atoms with Gasteiger partial charge in [-0.05, 0) is 79.0 Å². The van der Waals surface area contributed by atoms with E-state index in [1.165, 1.54) is 60.8 Å². The number of hydrogen-bond donors (Lipinski definition) is 1. The third-order valence-electron chi connectivity index (χ3n) is 4.98. The SMILES string of the molecule is Cc1c(N)cccc1-c1ccc2c(c1C)CCCCCC2. The molecule has 21 heavy (non-hydrogen) atoms. The van der Waals surface area contributed by atoms with Crippen LogP contribution in [0.15, 0.2) is 30.3 Å². The third-order valence-corrected chi connectivity index (χ3v) is 4.98. The zero-order chi connectivity index (χ0) is 14.8. The lowest BCUT2D eigenvalue weighted by Gasteiger charge is -2.20. The average molecular weight is 279 g/mol. The summed E-state index contributed by atoms with van der Waals surface area (Å²) in [6.45, 7) is 4.42. The predicted molar refractivity (Wildman–Crippen MR) is 91.6 cm³/mol. The van der Waals surface area contributed by atoms with Gasteiger partial charge in [0.25, 0.3) is 0 Å². The Kier molecular flexibility index (Phi) is 4.01. The van der Waals surface area contributed by atoms with Crippen molar-refractivity contribution in [2.75, 3.05) is 5.73 Å². The smallest absolute Gasteiger partial charge is 0.0349 e. The standard InChI is InChI=1S/C20H25N/c1-14-17-9-6-4-3-5-8-16(17)12-13-19(14)18-10-7-11-20(21)15(18)2/h7,10-13H,3-6,8-9,21H2,1-2H3. The van der Waals surface area contributed by atoms with Gasteiger partial charge < -0.3 is 5.73 Å². The molecule has 110 valence electrons. The fraction of sp³-hybridized carbons (Fsp3) is 0.400. The van der Waals surface area contributed by atoms with Gasteiger partial charge in [-0.3, -0.25) is 0 Å². The molecule has 2 aromatic carbocycles. The highest BCUT2D eigenvalue weighted by molar-refractivity contribution is 5.76. The minimum atomic E-state index is 0.888. The van der Waals surface area contributed by atoms with Crippen LogP contribution in [0.5, 0.6) is 0 Å². The van der Waals surface area contributed by atoms with Gasteiger partial charge in [-0.15, -0.1) is 0 Å². The van der Waals surface area contributed by atoms with Crippen molar-refractivity contribution in [3.63, 3.8) is 0 Å². The van der Waals surface area contributed by atoms with Crippen molar-refractivity contribution in [1.29, 1.82) is 0 Å². The summed E-state index contributed by atoms with van der Waals surface area (Å²) >= 11 is 0. The first-order valence-electron chi connectivity index (χ1n) is 8.15. The summed E-state index contributed by atoms with van der Waals surface area (Å²) in [6.07, 6.45) is 7.90. The Labute approximate surface area is 128 Å². The topological polar surface area (TPSA) is 26.0 Å². The molecule has 1 heteroatoms. The third kappa shape index (κ3) is 2.70. The van der Waals surface area contributed by atoms with Crippen molar-refractivity contribution in [2.24, 2.45) is 0 Å². The van der Waals surface area contributed by atoms with Crippen LogP contribution in [-0.2, 0) is 12.8 Å². The Morgan fingerprint density at radius 3 is 2.29 bits per heavy atom. The summed E-state index contributed by atoms with van der Waals surface area (Å²) in [7, 11) is 0. The van der Waals surface area contributed by atoms with E-state index in [0.717, 1.165) is 5.69 Å². The highest BCUT2D eigenvalue weighted by Gasteiger charge is 2.14. The van der Waals surface area contributed by atoms with Gasteiger partial charge in [0.05, 0.1) is 0 Å². The molecule has 0 radical (unpaired) electrons. The zero-order valence-electron chi connectivity index (χ0n) is 13.2. The number of anilines is 1. The van der Waals surface area contributed by atoms with Gasteiger partial charge in [0.1, 0.15) is 0 Å². The van der Waals surface area contributed by atoms with Gasteiger partial charge in [0.2, 0.25) is 0 Å². The summed E-state index contributed by atoms with van der Waals surface area (Å²) in [5.41, 5.74) is 15.4. The average Bonchev–Trinajstić information content (AvgIpc) is 2.44.